The van der Waals surface area contributed by atoms with Crippen LogP contribution in [0.25, 0.3) is 33.6 Å². The number of benzene rings is 1. The lowest BCUT2D eigenvalue weighted by atomic mass is 10.1. The number of piperazine rings is 1. The lowest BCUT2D eigenvalue weighted by Crippen LogP contribution is -2.40. The summed E-state index contributed by atoms with van der Waals surface area (Å²) >= 11 is 0. The number of hydrogen-bond acceptors (Lipinski definition) is 6. The molecule has 0 aliphatic carbocycles. The maximum Gasteiger partial charge on any atom is 0.388 e. The van der Waals surface area contributed by atoms with Gasteiger partial charge in [-0.3, -0.25) is 4.79 Å². The molecule has 0 bridgehead atoms. The van der Waals surface area contributed by atoms with E-state index >= 15 is 0 Å². The SMILES string of the molecule is CCn1c(-c2nc3cc(C(=O)N4C[C@H]5N[C@H]5[C@H]4C)cc(OC)c3n2C)cc2ccc(OC(F)F)nc21.[HH]. The maximum atomic E-state index is 13.4. The van der Waals surface area contributed by atoms with Gasteiger partial charge in [0.25, 0.3) is 5.91 Å². The van der Waals surface area contributed by atoms with Gasteiger partial charge < -0.3 is 28.8 Å². The number of aromatic nitrogens is 4. The Kier molecular flexibility index (Phi) is 5.15. The third-order valence-electron chi connectivity index (χ3n) is 7.27. The summed E-state index contributed by atoms with van der Waals surface area (Å²) in [5.74, 6) is 1.01. The van der Waals surface area contributed by atoms with E-state index in [-0.39, 0.29) is 19.3 Å². The molecular formula is C25H28F2N6O3. The molecule has 0 unspecified atom stereocenters. The number of fused-ring (bicyclic) bond motifs is 3. The van der Waals surface area contributed by atoms with E-state index in [9.17, 15) is 13.6 Å². The number of methoxy groups -OCH3 is 1. The van der Waals surface area contributed by atoms with Crippen molar-refractivity contribution in [1.82, 2.24) is 29.3 Å². The summed E-state index contributed by atoms with van der Waals surface area (Å²) in [5, 5.41) is 4.16. The highest BCUT2D eigenvalue weighted by Gasteiger charge is 2.51. The summed E-state index contributed by atoms with van der Waals surface area (Å²) in [6.45, 7) is 2.29. The molecular weight excluding hydrogens is 470 g/mol. The van der Waals surface area contributed by atoms with Crippen LogP contribution in [0, 0.1) is 0 Å². The van der Waals surface area contributed by atoms with Gasteiger partial charge in [0.05, 0.1) is 18.3 Å². The second kappa shape index (κ2) is 8.16. The van der Waals surface area contributed by atoms with Crippen LogP contribution in [0.5, 0.6) is 11.6 Å². The summed E-state index contributed by atoms with van der Waals surface area (Å²) < 4.78 is 39.4. The Bertz CT molecular complexity index is 1520. The Labute approximate surface area is 207 Å². The van der Waals surface area contributed by atoms with Crippen LogP contribution in [0.2, 0.25) is 0 Å². The van der Waals surface area contributed by atoms with Crippen molar-refractivity contribution in [3.63, 3.8) is 0 Å². The standard InChI is InChI=1S/C25H26F2N6O3.H2/c1-5-32-17(9-13-6-7-19(30-22(13)32)36-25(26)27)23-29-15-8-14(10-18(35-4)21(15)31(23)3)24(34)33-11-16-20(28-16)12(33)2;/h6-10,12,16,20,25,28H,5,11H2,1-4H3;1H/t12-,16-,20+;/m1./s1. The van der Waals surface area contributed by atoms with E-state index in [4.69, 9.17) is 9.72 Å². The zero-order valence-electron chi connectivity index (χ0n) is 20.3. The third-order valence-corrected chi connectivity index (χ3v) is 7.27. The first-order valence-corrected chi connectivity index (χ1v) is 11.9. The lowest BCUT2D eigenvalue weighted by molar-refractivity contribution is -0.0526. The normalized spacial score (nSPS) is 21.0. The van der Waals surface area contributed by atoms with Crippen molar-refractivity contribution in [2.24, 2.45) is 7.05 Å². The fourth-order valence-electron chi connectivity index (χ4n) is 5.43. The highest BCUT2D eigenvalue weighted by atomic mass is 19.3. The molecule has 5 heterocycles. The van der Waals surface area contributed by atoms with Gasteiger partial charge >= 0.3 is 6.61 Å². The molecule has 190 valence electrons. The first kappa shape index (κ1) is 22.7. The first-order valence-electron chi connectivity index (χ1n) is 11.9. The number of amides is 1. The smallest absolute Gasteiger partial charge is 0.388 e. The Hall–Kier alpha value is -3.73. The van der Waals surface area contributed by atoms with Gasteiger partial charge in [0.1, 0.15) is 16.9 Å². The number of aryl methyl sites for hydroxylation is 2. The Balaban J connectivity index is 0.00000280. The number of likely N-dealkylation sites (tertiary alicyclic amines) is 1. The van der Waals surface area contributed by atoms with Crippen molar-refractivity contribution in [2.75, 3.05) is 13.7 Å². The molecule has 2 aliphatic rings. The number of imidazole rings is 1. The second-order valence-electron chi connectivity index (χ2n) is 9.25. The molecule has 2 fully saturated rings. The zero-order valence-corrected chi connectivity index (χ0v) is 20.3. The zero-order chi connectivity index (χ0) is 25.3. The van der Waals surface area contributed by atoms with Crippen LogP contribution in [0.4, 0.5) is 8.78 Å². The molecule has 9 nitrogen and oxygen atoms in total. The molecule has 1 N–H and O–H groups in total. The van der Waals surface area contributed by atoms with Crippen LogP contribution in [0.1, 0.15) is 25.6 Å². The largest absolute Gasteiger partial charge is 0.494 e. The van der Waals surface area contributed by atoms with Crippen LogP contribution in [0.15, 0.2) is 30.3 Å². The molecule has 11 heteroatoms. The van der Waals surface area contributed by atoms with Crippen molar-refractivity contribution in [3.05, 3.63) is 35.9 Å². The number of alkyl halides is 2. The van der Waals surface area contributed by atoms with Crippen LogP contribution >= 0.6 is 0 Å². The van der Waals surface area contributed by atoms with Crippen LogP contribution in [0.3, 0.4) is 0 Å². The summed E-state index contributed by atoms with van der Waals surface area (Å²) in [7, 11) is 3.46. The van der Waals surface area contributed by atoms with Gasteiger partial charge in [0, 0.05) is 56.7 Å². The highest BCUT2D eigenvalue weighted by Crippen LogP contribution is 2.36. The van der Waals surface area contributed by atoms with Crippen molar-refractivity contribution >= 4 is 28.0 Å². The van der Waals surface area contributed by atoms with Gasteiger partial charge in [0.2, 0.25) is 5.88 Å². The average molecular weight is 499 g/mol. The molecule has 6 rings (SSSR count). The van der Waals surface area contributed by atoms with Gasteiger partial charge in [0.15, 0.2) is 5.82 Å². The molecule has 3 aromatic heterocycles. The van der Waals surface area contributed by atoms with E-state index in [1.165, 1.54) is 6.07 Å². The van der Waals surface area contributed by atoms with Crippen LogP contribution in [-0.4, -0.2) is 68.3 Å². The Morgan fingerprint density at radius 3 is 2.75 bits per heavy atom. The molecule has 36 heavy (non-hydrogen) atoms. The number of carbonyl (C=O) groups is 1. The minimum atomic E-state index is -2.95. The third kappa shape index (κ3) is 3.41. The van der Waals surface area contributed by atoms with E-state index in [1.54, 1.807) is 25.3 Å². The number of rotatable bonds is 6. The molecule has 0 radical (unpaired) electrons. The number of nitrogens with one attached hydrogen (secondary N) is 1. The van der Waals surface area contributed by atoms with E-state index in [0.717, 1.165) is 16.6 Å². The summed E-state index contributed by atoms with van der Waals surface area (Å²) in [4.78, 5) is 24.4. The second-order valence-corrected chi connectivity index (χ2v) is 9.25. The minimum absolute atomic E-state index is 0. The topological polar surface area (TPSA) is 96.4 Å². The molecule has 0 saturated carbocycles. The molecule has 4 aromatic rings. The van der Waals surface area contributed by atoms with Crippen molar-refractivity contribution in [3.8, 4) is 23.1 Å². The van der Waals surface area contributed by atoms with Gasteiger partial charge in [-0.25, -0.2) is 4.98 Å². The van der Waals surface area contributed by atoms with Crippen LogP contribution < -0.4 is 14.8 Å². The number of pyridine rings is 1. The Morgan fingerprint density at radius 2 is 2.08 bits per heavy atom. The molecule has 1 amide bonds. The van der Waals surface area contributed by atoms with Crippen molar-refractivity contribution < 1.29 is 24.5 Å². The summed E-state index contributed by atoms with van der Waals surface area (Å²) in [6, 6.07) is 9.51. The predicted molar refractivity (Wildman–Crippen MR) is 132 cm³/mol. The molecule has 1 aromatic carbocycles. The Morgan fingerprint density at radius 1 is 1.28 bits per heavy atom. The quantitative estimate of drug-likeness (QED) is 0.408. The van der Waals surface area contributed by atoms with E-state index < -0.39 is 6.61 Å². The van der Waals surface area contributed by atoms with Crippen molar-refractivity contribution in [2.45, 2.75) is 45.1 Å². The highest BCUT2D eigenvalue weighted by molar-refractivity contribution is 6.00. The molecule has 3 atom stereocenters. The molecule has 2 saturated heterocycles. The average Bonchev–Trinajstić information content (AvgIpc) is 3.28. The number of ether oxygens (including phenoxy) is 2. The van der Waals surface area contributed by atoms with Crippen molar-refractivity contribution in [1.29, 1.82) is 0 Å². The number of halogens is 2. The minimum Gasteiger partial charge on any atom is -0.494 e. The lowest BCUT2D eigenvalue weighted by Gasteiger charge is -2.24. The van der Waals surface area contributed by atoms with E-state index in [1.807, 2.05) is 34.1 Å². The number of carbonyl (C=O) groups excluding carboxylic acids is 1. The van der Waals surface area contributed by atoms with E-state index in [0.29, 0.717) is 53.5 Å². The number of hydrogen-bond donors (Lipinski definition) is 1. The van der Waals surface area contributed by atoms with Gasteiger partial charge in [-0.2, -0.15) is 13.8 Å². The van der Waals surface area contributed by atoms with Gasteiger partial charge in [-0.05, 0) is 38.1 Å². The number of nitrogens with zero attached hydrogens (tertiary/aromatic N) is 5. The molecule has 2 aliphatic heterocycles. The summed E-state index contributed by atoms with van der Waals surface area (Å²) in [6.07, 6.45) is 0. The molecule has 0 spiro atoms. The predicted octanol–water partition coefficient (Wildman–Crippen LogP) is 3.65. The summed E-state index contributed by atoms with van der Waals surface area (Å²) in [5.41, 5.74) is 3.21. The van der Waals surface area contributed by atoms with Gasteiger partial charge in [-0.1, -0.05) is 0 Å². The first-order chi connectivity index (χ1) is 17.3. The maximum absolute atomic E-state index is 13.4. The van der Waals surface area contributed by atoms with Crippen LogP contribution in [-0.2, 0) is 13.6 Å². The van der Waals surface area contributed by atoms with E-state index in [2.05, 4.69) is 22.0 Å². The fraction of sp³-hybridized carbons (Fsp3) is 0.400. The fourth-order valence-corrected chi connectivity index (χ4v) is 5.43. The van der Waals surface area contributed by atoms with Gasteiger partial charge in [-0.15, -0.1) is 0 Å². The monoisotopic (exact) mass is 498 g/mol.